The van der Waals surface area contributed by atoms with Gasteiger partial charge in [-0.25, -0.2) is 4.98 Å². The molecular weight excluding hydrogens is 228 g/mol. The third-order valence-corrected chi connectivity index (χ3v) is 2.13. The number of carbonyl (C=O) groups is 3. The van der Waals surface area contributed by atoms with Crippen LogP contribution in [0.1, 0.15) is 10.5 Å². The van der Waals surface area contributed by atoms with Gasteiger partial charge in [-0.05, 0) is 0 Å². The molecule has 0 spiro atoms. The molecule has 0 saturated carbocycles. The van der Waals surface area contributed by atoms with Crippen LogP contribution in [0.5, 0.6) is 0 Å². The first-order valence-electron chi connectivity index (χ1n) is 4.73. The van der Waals surface area contributed by atoms with Crippen molar-refractivity contribution in [2.45, 2.75) is 0 Å². The highest BCUT2D eigenvalue weighted by molar-refractivity contribution is 6.05. The van der Waals surface area contributed by atoms with E-state index in [1.165, 1.54) is 0 Å². The fraction of sp³-hybridized carbons (Fsp3) is 0.222. The number of piperazine rings is 1. The minimum atomic E-state index is -0.579. The summed E-state index contributed by atoms with van der Waals surface area (Å²) in [4.78, 5) is 51.7. The molecule has 1 aliphatic heterocycles. The Labute approximate surface area is 94.6 Å². The van der Waals surface area contributed by atoms with E-state index in [1.54, 1.807) is 0 Å². The van der Waals surface area contributed by atoms with Gasteiger partial charge >= 0.3 is 0 Å². The van der Waals surface area contributed by atoms with E-state index in [1.807, 2.05) is 0 Å². The number of H-pyrrole nitrogens is 1. The molecule has 1 saturated heterocycles. The normalized spacial score (nSPS) is 15.6. The van der Waals surface area contributed by atoms with Crippen LogP contribution in [0.25, 0.3) is 0 Å². The molecule has 1 aromatic rings. The summed E-state index contributed by atoms with van der Waals surface area (Å²) in [5.74, 6) is -1.66. The average molecular weight is 236 g/mol. The highest BCUT2D eigenvalue weighted by Crippen LogP contribution is 2.01. The Hall–Kier alpha value is -2.51. The number of hydrogen-bond donors (Lipinski definition) is 2. The smallest absolute Gasteiger partial charge is 0.274 e. The molecule has 0 atom stereocenters. The third-order valence-electron chi connectivity index (χ3n) is 2.13. The Balaban J connectivity index is 2.19. The number of rotatable bonds is 1. The molecule has 88 valence electrons. The average Bonchev–Trinajstić information content (AvgIpc) is 2.28. The van der Waals surface area contributed by atoms with Crippen molar-refractivity contribution in [3.63, 3.8) is 0 Å². The molecule has 1 aliphatic rings. The Morgan fingerprint density at radius 1 is 1.24 bits per heavy atom. The molecule has 8 nitrogen and oxygen atoms in total. The molecule has 0 aromatic carbocycles. The van der Waals surface area contributed by atoms with Gasteiger partial charge < -0.3 is 9.88 Å². The molecule has 8 heteroatoms. The van der Waals surface area contributed by atoms with Gasteiger partial charge in [-0.2, -0.15) is 0 Å². The van der Waals surface area contributed by atoms with Gasteiger partial charge in [0.25, 0.3) is 11.5 Å². The van der Waals surface area contributed by atoms with Crippen molar-refractivity contribution in [3.8, 4) is 0 Å². The van der Waals surface area contributed by atoms with E-state index in [0.29, 0.717) is 0 Å². The second-order valence-electron chi connectivity index (χ2n) is 3.43. The second-order valence-corrected chi connectivity index (χ2v) is 3.43. The molecule has 1 fully saturated rings. The standard InChI is InChI=1S/C9H8N4O4/c14-6-2-10-5(1-11-6)9(17)13-3-7(15)12-8(16)4-13/h1-2H,3-4H2,(H,11,14)(H,12,15,16). The van der Waals surface area contributed by atoms with Crippen LogP contribution >= 0.6 is 0 Å². The molecule has 0 unspecified atom stereocenters. The SMILES string of the molecule is O=C1CN(C(=O)c2c[nH]c(=O)cn2)CC(=O)N1. The molecule has 0 aliphatic carbocycles. The van der Waals surface area contributed by atoms with Gasteiger partial charge in [0.15, 0.2) is 0 Å². The molecule has 0 bridgehead atoms. The van der Waals surface area contributed by atoms with E-state index in [-0.39, 0.29) is 18.8 Å². The van der Waals surface area contributed by atoms with E-state index >= 15 is 0 Å². The van der Waals surface area contributed by atoms with Crippen molar-refractivity contribution >= 4 is 17.7 Å². The van der Waals surface area contributed by atoms with Crippen LogP contribution in [-0.4, -0.2) is 45.7 Å². The van der Waals surface area contributed by atoms with Crippen LogP contribution in [0.15, 0.2) is 17.2 Å². The number of hydrogen-bond acceptors (Lipinski definition) is 5. The Kier molecular flexibility index (Phi) is 2.69. The Morgan fingerprint density at radius 3 is 2.41 bits per heavy atom. The third kappa shape index (κ3) is 2.36. The molecule has 2 heterocycles. The number of aromatic amines is 1. The first-order valence-corrected chi connectivity index (χ1v) is 4.73. The lowest BCUT2D eigenvalue weighted by atomic mass is 10.3. The predicted octanol–water partition coefficient (Wildman–Crippen LogP) is -2.13. The lowest BCUT2D eigenvalue weighted by Crippen LogP contribution is -2.53. The zero-order valence-electron chi connectivity index (χ0n) is 8.60. The molecular formula is C9H8N4O4. The molecule has 0 radical (unpaired) electrons. The summed E-state index contributed by atoms with van der Waals surface area (Å²) in [6.07, 6.45) is 2.10. The molecule has 1 aromatic heterocycles. The first-order chi connectivity index (χ1) is 8.06. The van der Waals surface area contributed by atoms with Crippen LogP contribution in [0, 0.1) is 0 Å². The van der Waals surface area contributed by atoms with Crippen LogP contribution in [0.2, 0.25) is 0 Å². The predicted molar refractivity (Wildman–Crippen MR) is 53.9 cm³/mol. The van der Waals surface area contributed by atoms with E-state index in [2.05, 4.69) is 15.3 Å². The number of nitrogens with one attached hydrogen (secondary N) is 2. The summed E-state index contributed by atoms with van der Waals surface area (Å²) in [5.41, 5.74) is -0.457. The first kappa shape index (κ1) is 11.0. The lowest BCUT2D eigenvalue weighted by molar-refractivity contribution is -0.135. The largest absolute Gasteiger partial charge is 0.325 e. The topological polar surface area (TPSA) is 112 Å². The summed E-state index contributed by atoms with van der Waals surface area (Å²) in [7, 11) is 0. The lowest BCUT2D eigenvalue weighted by Gasteiger charge is -2.24. The van der Waals surface area contributed by atoms with Gasteiger partial charge in [-0.1, -0.05) is 0 Å². The second kappa shape index (κ2) is 4.16. The molecule has 3 amide bonds. The molecule has 17 heavy (non-hydrogen) atoms. The maximum Gasteiger partial charge on any atom is 0.274 e. The van der Waals surface area contributed by atoms with Crippen LogP contribution in [0.4, 0.5) is 0 Å². The highest BCUT2D eigenvalue weighted by atomic mass is 16.2. The van der Waals surface area contributed by atoms with Crippen LogP contribution in [0.3, 0.4) is 0 Å². The summed E-state index contributed by atoms with van der Waals surface area (Å²) < 4.78 is 0. The number of amides is 3. The number of imide groups is 1. The summed E-state index contributed by atoms with van der Waals surface area (Å²) in [6, 6.07) is 0. The van der Waals surface area contributed by atoms with E-state index in [4.69, 9.17) is 0 Å². The summed E-state index contributed by atoms with van der Waals surface area (Å²) in [6.45, 7) is -0.406. The minimum Gasteiger partial charge on any atom is -0.325 e. The van der Waals surface area contributed by atoms with E-state index in [0.717, 1.165) is 17.3 Å². The maximum absolute atomic E-state index is 11.8. The van der Waals surface area contributed by atoms with E-state index in [9.17, 15) is 19.2 Å². The quantitative estimate of drug-likeness (QED) is 0.541. The van der Waals surface area contributed by atoms with Gasteiger partial charge in [0.05, 0.1) is 6.20 Å². The van der Waals surface area contributed by atoms with Crippen LogP contribution in [-0.2, 0) is 9.59 Å². The van der Waals surface area contributed by atoms with E-state index < -0.39 is 23.3 Å². The Bertz CT molecular complexity index is 514. The molecule has 2 rings (SSSR count). The fourth-order valence-electron chi connectivity index (χ4n) is 1.40. The highest BCUT2D eigenvalue weighted by Gasteiger charge is 2.27. The van der Waals surface area contributed by atoms with Crippen molar-refractivity contribution in [2.75, 3.05) is 13.1 Å². The molecule has 2 N–H and O–H groups in total. The number of aromatic nitrogens is 2. The van der Waals surface area contributed by atoms with Gasteiger partial charge in [0.2, 0.25) is 11.8 Å². The summed E-state index contributed by atoms with van der Waals surface area (Å²) >= 11 is 0. The minimum absolute atomic E-state index is 0.0212. The van der Waals surface area contributed by atoms with Gasteiger partial charge in [-0.15, -0.1) is 0 Å². The van der Waals surface area contributed by atoms with Crippen molar-refractivity contribution < 1.29 is 14.4 Å². The Morgan fingerprint density at radius 2 is 1.88 bits per heavy atom. The van der Waals surface area contributed by atoms with Gasteiger partial charge in [0, 0.05) is 6.20 Å². The summed E-state index contributed by atoms with van der Waals surface area (Å²) in [5, 5.41) is 2.07. The fourth-order valence-corrected chi connectivity index (χ4v) is 1.40. The number of nitrogens with zero attached hydrogens (tertiary/aromatic N) is 2. The maximum atomic E-state index is 11.8. The van der Waals surface area contributed by atoms with Crippen LogP contribution < -0.4 is 10.9 Å². The van der Waals surface area contributed by atoms with Crippen molar-refractivity contribution in [2.24, 2.45) is 0 Å². The van der Waals surface area contributed by atoms with Gasteiger partial charge in [-0.3, -0.25) is 24.5 Å². The zero-order chi connectivity index (χ0) is 12.4. The zero-order valence-corrected chi connectivity index (χ0v) is 8.60. The van der Waals surface area contributed by atoms with Crippen molar-refractivity contribution in [1.29, 1.82) is 0 Å². The van der Waals surface area contributed by atoms with Crippen molar-refractivity contribution in [1.82, 2.24) is 20.2 Å². The van der Waals surface area contributed by atoms with Crippen molar-refractivity contribution in [3.05, 3.63) is 28.4 Å². The monoisotopic (exact) mass is 236 g/mol. The van der Waals surface area contributed by atoms with Gasteiger partial charge in [0.1, 0.15) is 18.8 Å². The number of carbonyl (C=O) groups excluding carboxylic acids is 3.